The van der Waals surface area contributed by atoms with E-state index in [1.807, 2.05) is 11.3 Å². The van der Waals surface area contributed by atoms with Gasteiger partial charge < -0.3 is 0 Å². The highest BCUT2D eigenvalue weighted by Crippen LogP contribution is 2.32. The smallest absolute Gasteiger partial charge is 0.0388 e. The minimum Gasteiger partial charge on any atom is -0.143 e. The van der Waals surface area contributed by atoms with Gasteiger partial charge in [-0.3, -0.25) is 0 Å². The Morgan fingerprint density at radius 2 is 2.29 bits per heavy atom. The second-order valence-corrected chi connectivity index (χ2v) is 5.79. The quantitative estimate of drug-likeness (QED) is 0.510. The van der Waals surface area contributed by atoms with E-state index in [4.69, 9.17) is 0 Å². The Labute approximate surface area is 110 Å². The number of thiophene rings is 1. The van der Waals surface area contributed by atoms with Gasteiger partial charge in [0.25, 0.3) is 0 Å². The van der Waals surface area contributed by atoms with Gasteiger partial charge in [0.2, 0.25) is 0 Å². The van der Waals surface area contributed by atoms with E-state index < -0.39 is 0 Å². The summed E-state index contributed by atoms with van der Waals surface area (Å²) in [5.41, 5.74) is 2.94. The molecule has 2 rings (SSSR count). The van der Waals surface area contributed by atoms with Gasteiger partial charge in [-0.05, 0) is 57.7 Å². The normalized spacial score (nSPS) is 11.1. The molecule has 0 saturated heterocycles. The number of benzene rings is 1. The number of hydrogen-bond acceptors (Lipinski definition) is 1. The van der Waals surface area contributed by atoms with Crippen LogP contribution in [0.5, 0.6) is 0 Å². The van der Waals surface area contributed by atoms with Gasteiger partial charge in [0.05, 0.1) is 0 Å². The van der Waals surface area contributed by atoms with Crippen LogP contribution in [0.15, 0.2) is 17.5 Å². The second kappa shape index (κ2) is 4.49. The molecule has 0 radical (unpaired) electrons. The molecule has 0 N–H and O–H groups in total. The number of aryl methyl sites for hydroxylation is 1. The molecule has 74 valence electrons. The largest absolute Gasteiger partial charge is 0.143 e. The van der Waals surface area contributed by atoms with Crippen molar-refractivity contribution in [1.82, 2.24) is 0 Å². The van der Waals surface area contributed by atoms with Crippen LogP contribution in [0.2, 0.25) is 0 Å². The average Bonchev–Trinajstić information content (AvgIpc) is 2.66. The van der Waals surface area contributed by atoms with Crippen molar-refractivity contribution < 1.29 is 0 Å². The molecule has 0 bridgehead atoms. The lowest BCUT2D eigenvalue weighted by Gasteiger charge is -2.08. The lowest BCUT2D eigenvalue weighted by atomic mass is 10.0. The SMILES string of the molecule is CCc1c(CBr)cc(I)c2ccsc12. The summed E-state index contributed by atoms with van der Waals surface area (Å²) < 4.78 is 2.83. The maximum Gasteiger partial charge on any atom is 0.0388 e. The van der Waals surface area contributed by atoms with E-state index in [-0.39, 0.29) is 0 Å². The number of alkyl halides is 1. The summed E-state index contributed by atoms with van der Waals surface area (Å²) in [7, 11) is 0. The number of rotatable bonds is 2. The van der Waals surface area contributed by atoms with Crippen molar-refractivity contribution in [3.63, 3.8) is 0 Å². The fraction of sp³-hybridized carbons (Fsp3) is 0.273. The summed E-state index contributed by atoms with van der Waals surface area (Å²) in [6.07, 6.45) is 1.12. The van der Waals surface area contributed by atoms with Crippen molar-refractivity contribution in [2.24, 2.45) is 0 Å². The van der Waals surface area contributed by atoms with Crippen molar-refractivity contribution in [2.75, 3.05) is 0 Å². The van der Waals surface area contributed by atoms with E-state index in [0.29, 0.717) is 0 Å². The molecule has 14 heavy (non-hydrogen) atoms. The third-order valence-corrected chi connectivity index (χ3v) is 4.85. The summed E-state index contributed by atoms with van der Waals surface area (Å²) >= 11 is 7.84. The Hall–Kier alpha value is 0.390. The van der Waals surface area contributed by atoms with E-state index in [2.05, 4.69) is 63.0 Å². The fourth-order valence-corrected chi connectivity index (χ4v) is 4.27. The van der Waals surface area contributed by atoms with Crippen molar-refractivity contribution >= 4 is 59.9 Å². The number of halogens is 2. The standard InChI is InChI=1S/C11H10BrIS/c1-2-8-7(6-12)5-10(13)9-3-4-14-11(8)9/h3-5H,2,6H2,1H3. The molecule has 0 spiro atoms. The van der Waals surface area contributed by atoms with Crippen LogP contribution in [0.3, 0.4) is 0 Å². The molecule has 0 aliphatic rings. The molecular weight excluding hydrogens is 371 g/mol. The maximum atomic E-state index is 3.56. The zero-order valence-electron chi connectivity index (χ0n) is 7.81. The maximum absolute atomic E-state index is 3.56. The summed E-state index contributed by atoms with van der Waals surface area (Å²) in [5.74, 6) is 0. The Balaban J connectivity index is 2.82. The van der Waals surface area contributed by atoms with Gasteiger partial charge in [-0.25, -0.2) is 0 Å². The molecular formula is C11H10BrIS. The van der Waals surface area contributed by atoms with Crippen LogP contribution in [0.25, 0.3) is 10.1 Å². The van der Waals surface area contributed by atoms with Crippen LogP contribution >= 0.6 is 49.9 Å². The number of hydrogen-bond donors (Lipinski definition) is 0. The zero-order valence-corrected chi connectivity index (χ0v) is 12.4. The molecule has 0 aliphatic heterocycles. The Bertz CT molecular complexity index is 462. The first kappa shape index (κ1) is 10.9. The van der Waals surface area contributed by atoms with Crippen LogP contribution in [0.4, 0.5) is 0 Å². The molecule has 0 unspecified atom stereocenters. The minimum absolute atomic E-state index is 0.958. The van der Waals surface area contributed by atoms with E-state index in [9.17, 15) is 0 Å². The molecule has 1 aromatic heterocycles. The predicted octanol–water partition coefficient (Wildman–Crippen LogP) is 4.96. The first-order valence-corrected chi connectivity index (χ1v) is 7.59. The van der Waals surface area contributed by atoms with Crippen molar-refractivity contribution in [1.29, 1.82) is 0 Å². The van der Waals surface area contributed by atoms with Crippen molar-refractivity contribution in [3.8, 4) is 0 Å². The van der Waals surface area contributed by atoms with Gasteiger partial charge in [-0.15, -0.1) is 11.3 Å². The molecule has 1 heterocycles. The first-order chi connectivity index (χ1) is 6.77. The molecule has 0 fully saturated rings. The lowest BCUT2D eigenvalue weighted by molar-refractivity contribution is 1.13. The van der Waals surface area contributed by atoms with Gasteiger partial charge in [0.15, 0.2) is 0 Å². The minimum atomic E-state index is 0.958. The number of fused-ring (bicyclic) bond motifs is 1. The lowest BCUT2D eigenvalue weighted by Crippen LogP contribution is -1.91. The van der Waals surface area contributed by atoms with Crippen LogP contribution in [0, 0.1) is 3.57 Å². The Kier molecular flexibility index (Phi) is 3.50. The molecule has 0 amide bonds. The molecule has 1 aromatic carbocycles. The highest BCUT2D eigenvalue weighted by molar-refractivity contribution is 14.1. The van der Waals surface area contributed by atoms with E-state index >= 15 is 0 Å². The highest BCUT2D eigenvalue weighted by Gasteiger charge is 2.09. The third kappa shape index (κ3) is 1.74. The topological polar surface area (TPSA) is 0 Å². The van der Waals surface area contributed by atoms with Gasteiger partial charge in [0, 0.05) is 19.0 Å². The highest BCUT2D eigenvalue weighted by atomic mass is 127. The third-order valence-electron chi connectivity index (χ3n) is 2.38. The second-order valence-electron chi connectivity index (χ2n) is 3.15. The van der Waals surface area contributed by atoms with Gasteiger partial charge in [-0.1, -0.05) is 22.9 Å². The van der Waals surface area contributed by atoms with Crippen LogP contribution in [0.1, 0.15) is 18.1 Å². The molecule has 0 atom stereocenters. The molecule has 0 aliphatic carbocycles. The van der Waals surface area contributed by atoms with E-state index in [1.165, 1.54) is 24.8 Å². The molecule has 2 aromatic rings. The summed E-state index contributed by atoms with van der Waals surface area (Å²) in [6.45, 7) is 2.23. The zero-order chi connectivity index (χ0) is 10.1. The van der Waals surface area contributed by atoms with Gasteiger partial charge in [-0.2, -0.15) is 0 Å². The van der Waals surface area contributed by atoms with Crippen molar-refractivity contribution in [3.05, 3.63) is 32.2 Å². The molecule has 3 heteroatoms. The van der Waals surface area contributed by atoms with Crippen LogP contribution < -0.4 is 0 Å². The van der Waals surface area contributed by atoms with E-state index in [0.717, 1.165) is 11.8 Å². The van der Waals surface area contributed by atoms with Crippen LogP contribution in [-0.4, -0.2) is 0 Å². The van der Waals surface area contributed by atoms with Gasteiger partial charge in [0.1, 0.15) is 0 Å². The predicted molar refractivity (Wildman–Crippen MR) is 76.6 cm³/mol. The van der Waals surface area contributed by atoms with Crippen molar-refractivity contribution in [2.45, 2.75) is 18.7 Å². The van der Waals surface area contributed by atoms with Crippen LogP contribution in [-0.2, 0) is 11.8 Å². The molecule has 0 nitrogen and oxygen atoms in total. The Morgan fingerprint density at radius 3 is 2.93 bits per heavy atom. The average molecular weight is 381 g/mol. The Morgan fingerprint density at radius 1 is 1.50 bits per heavy atom. The molecule has 0 saturated carbocycles. The monoisotopic (exact) mass is 380 g/mol. The van der Waals surface area contributed by atoms with Gasteiger partial charge >= 0.3 is 0 Å². The summed E-state index contributed by atoms with van der Waals surface area (Å²) in [4.78, 5) is 0. The summed E-state index contributed by atoms with van der Waals surface area (Å²) in [5, 5.41) is 4.56. The summed E-state index contributed by atoms with van der Waals surface area (Å²) in [6, 6.07) is 4.52. The fourth-order valence-electron chi connectivity index (χ4n) is 1.70. The first-order valence-electron chi connectivity index (χ1n) is 4.51. The van der Waals surface area contributed by atoms with E-state index in [1.54, 1.807) is 0 Å².